The average molecular weight is 148 g/mol. The molecule has 0 saturated heterocycles. The van der Waals surface area contributed by atoms with Crippen LogP contribution in [0, 0.1) is 0 Å². The minimum atomic E-state index is 0.575. The number of nitrogens with one attached hydrogen (secondary N) is 2. The maximum absolute atomic E-state index is 3.81. The summed E-state index contributed by atoms with van der Waals surface area (Å²) >= 11 is 0. The SMILES string of the molecule is c1ccc(-c2nn[nH]n2)[nH+]c1. The zero-order valence-electron chi connectivity index (χ0n) is 5.65. The third kappa shape index (κ3) is 1.07. The summed E-state index contributed by atoms with van der Waals surface area (Å²) in [5.41, 5.74) is 0.848. The molecule has 2 aromatic heterocycles. The van der Waals surface area contributed by atoms with Gasteiger partial charge < -0.3 is 0 Å². The topological polar surface area (TPSA) is 68.6 Å². The van der Waals surface area contributed by atoms with E-state index in [1.165, 1.54) is 0 Å². The quantitative estimate of drug-likeness (QED) is 0.602. The molecule has 0 bridgehead atoms. The summed E-state index contributed by atoms with van der Waals surface area (Å²) in [5, 5.41) is 13.4. The molecule has 2 aromatic rings. The third-order valence-corrected chi connectivity index (χ3v) is 1.30. The van der Waals surface area contributed by atoms with E-state index in [2.05, 4.69) is 25.6 Å². The van der Waals surface area contributed by atoms with Crippen LogP contribution in [-0.2, 0) is 0 Å². The summed E-state index contributed by atoms with van der Waals surface area (Å²) in [7, 11) is 0. The van der Waals surface area contributed by atoms with Crippen molar-refractivity contribution in [1.29, 1.82) is 0 Å². The molecule has 0 amide bonds. The molecule has 5 nitrogen and oxygen atoms in total. The van der Waals surface area contributed by atoms with Gasteiger partial charge in [-0.3, -0.25) is 0 Å². The van der Waals surface area contributed by atoms with Gasteiger partial charge in [0, 0.05) is 12.1 Å². The van der Waals surface area contributed by atoms with Crippen LogP contribution in [0.1, 0.15) is 0 Å². The maximum Gasteiger partial charge on any atom is 0.268 e. The number of hydrogen-bond acceptors (Lipinski definition) is 3. The predicted molar refractivity (Wildman–Crippen MR) is 36.2 cm³/mol. The minimum Gasteiger partial charge on any atom is -0.208 e. The van der Waals surface area contributed by atoms with Crippen LogP contribution in [0.25, 0.3) is 11.5 Å². The van der Waals surface area contributed by atoms with E-state index in [4.69, 9.17) is 0 Å². The van der Waals surface area contributed by atoms with Crippen LogP contribution in [0.3, 0.4) is 0 Å². The van der Waals surface area contributed by atoms with Crippen molar-refractivity contribution in [3.05, 3.63) is 24.4 Å². The van der Waals surface area contributed by atoms with E-state index in [1.807, 2.05) is 24.4 Å². The predicted octanol–water partition coefficient (Wildman–Crippen LogP) is -0.319. The molecule has 0 fully saturated rings. The van der Waals surface area contributed by atoms with Gasteiger partial charge in [0.25, 0.3) is 11.5 Å². The van der Waals surface area contributed by atoms with Crippen molar-refractivity contribution >= 4 is 0 Å². The molecule has 0 aliphatic rings. The molecule has 0 aromatic carbocycles. The lowest BCUT2D eigenvalue weighted by molar-refractivity contribution is -0.365. The number of H-pyrrole nitrogens is 2. The van der Waals surface area contributed by atoms with Crippen molar-refractivity contribution in [1.82, 2.24) is 20.6 Å². The van der Waals surface area contributed by atoms with Gasteiger partial charge in [0.15, 0.2) is 6.20 Å². The first kappa shape index (κ1) is 5.96. The summed E-state index contributed by atoms with van der Waals surface area (Å²) in [6.07, 6.45) is 1.81. The van der Waals surface area contributed by atoms with Gasteiger partial charge in [-0.1, -0.05) is 0 Å². The van der Waals surface area contributed by atoms with Gasteiger partial charge >= 0.3 is 0 Å². The lowest BCUT2D eigenvalue weighted by Gasteiger charge is -1.81. The van der Waals surface area contributed by atoms with E-state index in [9.17, 15) is 0 Å². The number of nitrogens with zero attached hydrogens (tertiary/aromatic N) is 3. The summed E-state index contributed by atoms with van der Waals surface area (Å²) in [5.74, 6) is 0.575. The molecular formula is C6H6N5+. The van der Waals surface area contributed by atoms with Crippen LogP contribution in [0.2, 0.25) is 0 Å². The lowest BCUT2D eigenvalue weighted by Crippen LogP contribution is -2.05. The zero-order valence-corrected chi connectivity index (χ0v) is 5.65. The Bertz CT molecular complexity index is 314. The summed E-state index contributed by atoms with van der Waals surface area (Å²) < 4.78 is 0. The van der Waals surface area contributed by atoms with Crippen LogP contribution in [0.4, 0.5) is 0 Å². The normalized spacial score (nSPS) is 9.82. The van der Waals surface area contributed by atoms with E-state index in [-0.39, 0.29) is 0 Å². The van der Waals surface area contributed by atoms with E-state index in [1.54, 1.807) is 0 Å². The summed E-state index contributed by atoms with van der Waals surface area (Å²) in [6, 6.07) is 5.68. The fourth-order valence-electron chi connectivity index (χ4n) is 0.808. The zero-order chi connectivity index (χ0) is 7.52. The van der Waals surface area contributed by atoms with Gasteiger partial charge in [0.1, 0.15) is 0 Å². The molecule has 54 valence electrons. The van der Waals surface area contributed by atoms with Crippen LogP contribution >= 0.6 is 0 Å². The average Bonchev–Trinajstić information content (AvgIpc) is 2.58. The number of aromatic nitrogens is 5. The van der Waals surface area contributed by atoms with E-state index in [0.29, 0.717) is 5.82 Å². The first-order chi connectivity index (χ1) is 5.47. The van der Waals surface area contributed by atoms with Crippen molar-refractivity contribution in [2.75, 3.05) is 0 Å². The second kappa shape index (κ2) is 2.45. The standard InChI is InChI=1S/C6H5N5/c1-2-4-7-5(3-1)6-8-10-11-9-6/h1-4H,(H,8,9,10,11)/p+1. The first-order valence-electron chi connectivity index (χ1n) is 3.17. The number of tetrazole rings is 1. The van der Waals surface area contributed by atoms with E-state index in [0.717, 1.165) is 5.69 Å². The monoisotopic (exact) mass is 148 g/mol. The summed E-state index contributed by atoms with van der Waals surface area (Å²) in [4.78, 5) is 2.99. The summed E-state index contributed by atoms with van der Waals surface area (Å²) in [6.45, 7) is 0. The number of aromatic amines is 2. The van der Waals surface area contributed by atoms with Gasteiger partial charge in [0.2, 0.25) is 0 Å². The molecule has 0 unspecified atom stereocenters. The second-order valence-electron chi connectivity index (χ2n) is 2.01. The molecule has 5 heteroatoms. The van der Waals surface area contributed by atoms with Crippen LogP contribution in [0.15, 0.2) is 24.4 Å². The number of pyridine rings is 1. The fourth-order valence-corrected chi connectivity index (χ4v) is 0.808. The minimum absolute atomic E-state index is 0.575. The molecule has 0 atom stereocenters. The van der Waals surface area contributed by atoms with Gasteiger partial charge in [-0.05, 0) is 11.3 Å². The van der Waals surface area contributed by atoms with Crippen LogP contribution in [-0.4, -0.2) is 20.6 Å². The van der Waals surface area contributed by atoms with Gasteiger partial charge in [-0.15, -0.1) is 10.2 Å². The smallest absolute Gasteiger partial charge is 0.208 e. The Labute approximate surface area is 62.5 Å². The van der Waals surface area contributed by atoms with Gasteiger partial charge in [0.05, 0.1) is 0 Å². The number of rotatable bonds is 1. The number of hydrogen-bond donors (Lipinski definition) is 1. The third-order valence-electron chi connectivity index (χ3n) is 1.30. The molecule has 11 heavy (non-hydrogen) atoms. The molecular weight excluding hydrogens is 142 g/mol. The van der Waals surface area contributed by atoms with Crippen molar-refractivity contribution in [2.24, 2.45) is 0 Å². The Balaban J connectivity index is 2.46. The Kier molecular flexibility index (Phi) is 1.33. The van der Waals surface area contributed by atoms with Gasteiger partial charge in [-0.2, -0.15) is 5.21 Å². The van der Waals surface area contributed by atoms with Crippen LogP contribution in [0.5, 0.6) is 0 Å². The highest BCUT2D eigenvalue weighted by Gasteiger charge is 2.06. The Morgan fingerprint density at radius 3 is 3.00 bits per heavy atom. The van der Waals surface area contributed by atoms with Crippen molar-refractivity contribution < 1.29 is 4.98 Å². The largest absolute Gasteiger partial charge is 0.268 e. The van der Waals surface area contributed by atoms with E-state index >= 15 is 0 Å². The molecule has 0 radical (unpaired) electrons. The van der Waals surface area contributed by atoms with Crippen molar-refractivity contribution in [3.63, 3.8) is 0 Å². The maximum atomic E-state index is 3.81. The highest BCUT2D eigenvalue weighted by atomic mass is 15.5. The molecule has 0 aliphatic heterocycles. The van der Waals surface area contributed by atoms with E-state index < -0.39 is 0 Å². The van der Waals surface area contributed by atoms with Crippen molar-refractivity contribution in [2.45, 2.75) is 0 Å². The molecule has 2 rings (SSSR count). The molecule has 0 saturated carbocycles. The molecule has 0 aliphatic carbocycles. The molecule has 0 spiro atoms. The second-order valence-corrected chi connectivity index (χ2v) is 2.01. The molecule has 2 N–H and O–H groups in total. The Hall–Kier alpha value is -1.78. The first-order valence-corrected chi connectivity index (χ1v) is 3.17. The van der Waals surface area contributed by atoms with Crippen LogP contribution < -0.4 is 4.98 Å². The van der Waals surface area contributed by atoms with Gasteiger partial charge in [-0.25, -0.2) is 4.98 Å². The Morgan fingerprint density at radius 1 is 1.36 bits per heavy atom. The lowest BCUT2D eigenvalue weighted by atomic mass is 10.3. The van der Waals surface area contributed by atoms with Crippen molar-refractivity contribution in [3.8, 4) is 11.5 Å². The Morgan fingerprint density at radius 2 is 2.36 bits per heavy atom. The fraction of sp³-hybridized carbons (Fsp3) is 0. The highest BCUT2D eigenvalue weighted by molar-refractivity contribution is 5.41. The molecule has 2 heterocycles. The highest BCUT2D eigenvalue weighted by Crippen LogP contribution is 2.02.